The molecule has 0 aliphatic rings. The van der Waals surface area contributed by atoms with Crippen LogP contribution in [0.2, 0.25) is 0 Å². The molecule has 49 heavy (non-hydrogen) atoms. The number of aromatic amines is 1. The molecule has 0 aliphatic heterocycles. The Morgan fingerprint density at radius 2 is 1.39 bits per heavy atom. The largest absolute Gasteiger partial charge is 0.508 e. The fraction of sp³-hybridized carbons (Fsp3) is 0.306. The van der Waals surface area contributed by atoms with E-state index in [-0.39, 0.29) is 43.4 Å². The van der Waals surface area contributed by atoms with Gasteiger partial charge >= 0.3 is 0 Å². The number of hydrogen-bond acceptors (Lipinski definition) is 6. The maximum Gasteiger partial charge on any atom is 0.243 e. The molecule has 1 aromatic heterocycles. The minimum absolute atomic E-state index is 0.0683. The molecule has 0 spiro atoms. The average molecular weight is 669 g/mol. The van der Waals surface area contributed by atoms with Crippen LogP contribution in [0.4, 0.5) is 0 Å². The molecular weight excluding hydrogens is 624 g/mol. The summed E-state index contributed by atoms with van der Waals surface area (Å²) >= 11 is 0. The Labute approximate surface area is 284 Å². The van der Waals surface area contributed by atoms with Crippen LogP contribution in [-0.2, 0) is 38.4 Å². The maximum absolute atomic E-state index is 13.9. The molecule has 3 atom stereocenters. The highest BCUT2D eigenvalue weighted by Crippen LogP contribution is 2.18. The van der Waals surface area contributed by atoms with Gasteiger partial charge < -0.3 is 42.8 Å². The second kappa shape index (κ2) is 17.9. The topological polar surface area (TPSA) is 217 Å². The van der Waals surface area contributed by atoms with Crippen molar-refractivity contribution in [2.75, 3.05) is 13.1 Å². The van der Waals surface area contributed by atoms with E-state index in [0.717, 1.165) is 22.0 Å². The number of amides is 4. The number of nitrogens with two attached hydrogens (primary N) is 2. The predicted molar refractivity (Wildman–Crippen MR) is 188 cm³/mol. The number of aromatic nitrogens is 1. The number of guanidine groups is 1. The van der Waals surface area contributed by atoms with Crippen LogP contribution < -0.4 is 32.7 Å². The summed E-state index contributed by atoms with van der Waals surface area (Å²) in [6.07, 6.45) is 3.39. The first kappa shape index (κ1) is 36.0. The quantitative estimate of drug-likeness (QED) is 0.0471. The molecule has 13 nitrogen and oxygen atoms in total. The van der Waals surface area contributed by atoms with E-state index in [9.17, 15) is 24.3 Å². The molecule has 0 saturated carbocycles. The van der Waals surface area contributed by atoms with Crippen molar-refractivity contribution >= 4 is 40.5 Å². The van der Waals surface area contributed by atoms with E-state index < -0.39 is 35.8 Å². The molecule has 4 rings (SSSR count). The first-order valence-electron chi connectivity index (χ1n) is 16.2. The van der Waals surface area contributed by atoms with Gasteiger partial charge in [-0.1, -0.05) is 60.7 Å². The number of nitrogens with one attached hydrogen (secondary N) is 5. The van der Waals surface area contributed by atoms with Crippen molar-refractivity contribution in [3.8, 4) is 5.75 Å². The van der Waals surface area contributed by atoms with Gasteiger partial charge in [-0.15, -0.1) is 0 Å². The van der Waals surface area contributed by atoms with Crippen LogP contribution in [-0.4, -0.2) is 70.9 Å². The molecule has 0 bridgehead atoms. The molecule has 0 radical (unpaired) electrons. The molecule has 3 aromatic carbocycles. The van der Waals surface area contributed by atoms with Gasteiger partial charge in [0.15, 0.2) is 5.96 Å². The Morgan fingerprint density at radius 1 is 0.776 bits per heavy atom. The lowest BCUT2D eigenvalue weighted by molar-refractivity contribution is -0.133. The normalized spacial score (nSPS) is 12.7. The first-order valence-corrected chi connectivity index (χ1v) is 16.2. The number of phenols is 1. The van der Waals surface area contributed by atoms with Crippen molar-refractivity contribution in [1.82, 2.24) is 26.3 Å². The third kappa shape index (κ3) is 11.4. The molecule has 0 aliphatic carbocycles. The molecule has 0 fully saturated rings. The highest BCUT2D eigenvalue weighted by atomic mass is 16.3. The number of fused-ring (bicyclic) bond motifs is 1. The van der Waals surface area contributed by atoms with Crippen LogP contribution in [0.15, 0.2) is 90.1 Å². The van der Waals surface area contributed by atoms with E-state index in [1.54, 1.807) is 12.1 Å². The predicted octanol–water partition coefficient (Wildman–Crippen LogP) is 1.55. The fourth-order valence-corrected chi connectivity index (χ4v) is 5.48. The van der Waals surface area contributed by atoms with E-state index in [0.29, 0.717) is 24.9 Å². The Kier molecular flexibility index (Phi) is 13.1. The van der Waals surface area contributed by atoms with E-state index >= 15 is 0 Å². The van der Waals surface area contributed by atoms with Crippen LogP contribution in [0.5, 0.6) is 5.75 Å². The number of carbonyl (C=O) groups is 4. The maximum atomic E-state index is 13.9. The minimum Gasteiger partial charge on any atom is -0.508 e. The summed E-state index contributed by atoms with van der Waals surface area (Å²) in [6, 6.07) is 20.3. The number of aliphatic imine (C=N–C) groups is 1. The van der Waals surface area contributed by atoms with Crippen LogP contribution in [0.3, 0.4) is 0 Å². The molecule has 4 aromatic rings. The molecule has 4 amide bonds. The van der Waals surface area contributed by atoms with Gasteiger partial charge in [0.25, 0.3) is 0 Å². The van der Waals surface area contributed by atoms with E-state index in [2.05, 4.69) is 31.2 Å². The van der Waals surface area contributed by atoms with E-state index in [1.165, 1.54) is 19.1 Å². The van der Waals surface area contributed by atoms with E-state index in [4.69, 9.17) is 11.5 Å². The van der Waals surface area contributed by atoms with Gasteiger partial charge in [-0.3, -0.25) is 24.2 Å². The van der Waals surface area contributed by atoms with Crippen LogP contribution in [0.25, 0.3) is 10.9 Å². The Bertz CT molecular complexity index is 1740. The Hall–Kier alpha value is -5.85. The molecular formula is C36H44N8O5. The van der Waals surface area contributed by atoms with Crippen molar-refractivity contribution in [3.05, 3.63) is 102 Å². The first-order chi connectivity index (χ1) is 23.6. The number of benzene rings is 3. The number of H-pyrrole nitrogens is 1. The molecule has 258 valence electrons. The SMILES string of the molecule is CC(=O)N[C@@H](Cc1ccc(O)cc1)C(=O)N[C@H](Cc1ccccc1)C(=O)N[C@@H](CCCN=C(N)N)C(=O)NCCc1c[nH]c2ccccc12. The third-order valence-corrected chi connectivity index (χ3v) is 7.93. The summed E-state index contributed by atoms with van der Waals surface area (Å²) in [5, 5.41) is 22.0. The van der Waals surface area contributed by atoms with Crippen molar-refractivity contribution in [1.29, 1.82) is 0 Å². The Morgan fingerprint density at radius 3 is 2.06 bits per heavy atom. The highest BCUT2D eigenvalue weighted by Gasteiger charge is 2.30. The second-order valence-corrected chi connectivity index (χ2v) is 11.8. The lowest BCUT2D eigenvalue weighted by Gasteiger charge is -2.25. The minimum atomic E-state index is -1.08. The number of nitrogens with zero attached hydrogens (tertiary/aromatic N) is 1. The Balaban J connectivity index is 1.49. The van der Waals surface area contributed by atoms with Crippen LogP contribution in [0.1, 0.15) is 36.5 Å². The fourth-order valence-electron chi connectivity index (χ4n) is 5.48. The number of hydrogen-bond donors (Lipinski definition) is 8. The standard InChI is InChI=1S/C36H44N8O5/c1-23(45)42-31(21-25-13-15-27(46)16-14-25)34(48)44-32(20-24-8-3-2-4-9-24)35(49)43-30(12-7-18-40-36(37)38)33(47)39-19-17-26-22-41-29-11-6-5-10-28(26)29/h2-6,8-11,13-16,22,30-32,41,46H,7,12,17-21H2,1H3,(H,39,47)(H,42,45)(H,43,49)(H,44,48)(H4,37,38,40)/t30-,31-,32+/m0/s1. The molecule has 0 unspecified atom stereocenters. The zero-order valence-corrected chi connectivity index (χ0v) is 27.4. The third-order valence-electron chi connectivity index (χ3n) is 7.93. The summed E-state index contributed by atoms with van der Waals surface area (Å²) in [6.45, 7) is 1.90. The van der Waals surface area contributed by atoms with Gasteiger partial charge in [-0.05, 0) is 54.2 Å². The van der Waals surface area contributed by atoms with Crippen LogP contribution >= 0.6 is 0 Å². The van der Waals surface area contributed by atoms with Gasteiger partial charge in [0, 0.05) is 50.0 Å². The van der Waals surface area contributed by atoms with Gasteiger partial charge in [0.1, 0.15) is 23.9 Å². The summed E-state index contributed by atoms with van der Waals surface area (Å²) in [5.74, 6) is -1.96. The summed E-state index contributed by atoms with van der Waals surface area (Å²) in [5.41, 5.74) is 14.5. The van der Waals surface area contributed by atoms with Gasteiger partial charge in [0.05, 0.1) is 0 Å². The highest BCUT2D eigenvalue weighted by molar-refractivity contribution is 5.94. The molecule has 13 heteroatoms. The lowest BCUT2D eigenvalue weighted by atomic mass is 10.0. The lowest BCUT2D eigenvalue weighted by Crippen LogP contribution is -2.57. The zero-order valence-electron chi connectivity index (χ0n) is 27.4. The number of rotatable bonds is 17. The number of phenolic OH excluding ortho intramolecular Hbond substituents is 1. The number of para-hydroxylation sites is 1. The average Bonchev–Trinajstić information content (AvgIpc) is 3.49. The molecule has 10 N–H and O–H groups in total. The monoisotopic (exact) mass is 668 g/mol. The summed E-state index contributed by atoms with van der Waals surface area (Å²) in [4.78, 5) is 60.3. The van der Waals surface area contributed by atoms with Crippen LogP contribution in [0, 0.1) is 0 Å². The summed E-state index contributed by atoms with van der Waals surface area (Å²) in [7, 11) is 0. The number of aromatic hydroxyl groups is 1. The van der Waals surface area contributed by atoms with Gasteiger partial charge in [-0.2, -0.15) is 0 Å². The van der Waals surface area contributed by atoms with Crippen molar-refractivity contribution in [3.63, 3.8) is 0 Å². The van der Waals surface area contributed by atoms with Crippen molar-refractivity contribution in [2.24, 2.45) is 16.5 Å². The van der Waals surface area contributed by atoms with Crippen molar-refractivity contribution < 1.29 is 24.3 Å². The molecule has 0 saturated heterocycles. The second-order valence-electron chi connectivity index (χ2n) is 11.8. The summed E-state index contributed by atoms with van der Waals surface area (Å²) < 4.78 is 0. The zero-order chi connectivity index (χ0) is 35.2. The van der Waals surface area contributed by atoms with Gasteiger partial charge in [-0.25, -0.2) is 0 Å². The van der Waals surface area contributed by atoms with E-state index in [1.807, 2.05) is 60.8 Å². The van der Waals surface area contributed by atoms with Crippen molar-refractivity contribution in [2.45, 2.75) is 57.2 Å². The van der Waals surface area contributed by atoms with Gasteiger partial charge in [0.2, 0.25) is 23.6 Å². The molecule has 1 heterocycles. The smallest absolute Gasteiger partial charge is 0.243 e. The number of carbonyl (C=O) groups excluding carboxylic acids is 4.